The van der Waals surface area contributed by atoms with Crippen molar-refractivity contribution >= 4 is 62.1 Å². The molecule has 2 aromatic carbocycles. The molecule has 0 saturated heterocycles. The van der Waals surface area contributed by atoms with Crippen molar-refractivity contribution in [2.75, 3.05) is 24.9 Å². The van der Waals surface area contributed by atoms with E-state index in [1.54, 1.807) is 6.92 Å². The van der Waals surface area contributed by atoms with Crippen molar-refractivity contribution in [2.24, 2.45) is 0 Å². The van der Waals surface area contributed by atoms with Crippen LogP contribution in [0.15, 0.2) is 42.5 Å². The molecule has 3 aromatic rings. The Labute approximate surface area is 171 Å². The number of benzene rings is 2. The van der Waals surface area contributed by atoms with Gasteiger partial charge in [-0.05, 0) is 36.2 Å². The topological polar surface area (TPSA) is 76.7 Å². The van der Waals surface area contributed by atoms with Crippen LogP contribution in [0, 0.1) is 6.92 Å². The zero-order chi connectivity index (χ0) is 20.3. The summed E-state index contributed by atoms with van der Waals surface area (Å²) in [6.07, 6.45) is 0. The van der Waals surface area contributed by atoms with Crippen molar-refractivity contribution in [3.8, 4) is 0 Å². The van der Waals surface area contributed by atoms with E-state index in [0.717, 1.165) is 27.8 Å². The first-order valence-corrected chi connectivity index (χ1v) is 9.54. The summed E-state index contributed by atoms with van der Waals surface area (Å²) in [6, 6.07) is 13.8. The van der Waals surface area contributed by atoms with Gasteiger partial charge in [0.25, 0.3) is 0 Å². The number of hydrogen-bond donors (Lipinski definition) is 2. The molecule has 0 fully saturated rings. The lowest BCUT2D eigenvalue weighted by Crippen LogP contribution is -2.20. The minimum Gasteiger partial charge on any atom is -0.465 e. The Morgan fingerprint density at radius 3 is 2.36 bits per heavy atom. The molecule has 0 aliphatic carbocycles. The van der Waals surface area contributed by atoms with E-state index in [0.29, 0.717) is 20.6 Å². The molecule has 0 bridgehead atoms. The van der Waals surface area contributed by atoms with Crippen LogP contribution in [0.3, 0.4) is 0 Å². The van der Waals surface area contributed by atoms with Crippen LogP contribution < -0.4 is 10.6 Å². The number of anilines is 2. The van der Waals surface area contributed by atoms with Crippen LogP contribution >= 0.6 is 23.6 Å². The van der Waals surface area contributed by atoms with Gasteiger partial charge in [-0.3, -0.25) is 0 Å². The first kappa shape index (κ1) is 19.8. The summed E-state index contributed by atoms with van der Waals surface area (Å²) in [7, 11) is 2.58. The number of hydrogen-bond acceptors (Lipinski definition) is 6. The Balaban J connectivity index is 1.91. The minimum absolute atomic E-state index is 0.259. The second kappa shape index (κ2) is 8.37. The molecule has 1 aromatic heterocycles. The predicted octanol–water partition coefficient (Wildman–Crippen LogP) is 4.59. The maximum absolute atomic E-state index is 12.2. The monoisotopic (exact) mass is 414 g/mol. The van der Waals surface area contributed by atoms with Gasteiger partial charge in [-0.15, -0.1) is 11.3 Å². The van der Waals surface area contributed by atoms with Gasteiger partial charge in [0.1, 0.15) is 9.88 Å². The quantitative estimate of drug-likeness (QED) is 0.477. The van der Waals surface area contributed by atoms with E-state index in [1.807, 2.05) is 42.5 Å². The Hall–Kier alpha value is -2.97. The summed E-state index contributed by atoms with van der Waals surface area (Å²) in [5, 5.41) is 8.96. The van der Waals surface area contributed by atoms with Crippen molar-refractivity contribution in [1.29, 1.82) is 0 Å². The number of carbonyl (C=O) groups excluding carboxylic acids is 2. The fraction of sp³-hybridized carbons (Fsp3) is 0.150. The second-order valence-corrected chi connectivity index (χ2v) is 7.28. The van der Waals surface area contributed by atoms with E-state index < -0.39 is 11.9 Å². The highest BCUT2D eigenvalue weighted by Crippen LogP contribution is 2.34. The van der Waals surface area contributed by atoms with Crippen LogP contribution in [0.25, 0.3) is 10.8 Å². The van der Waals surface area contributed by atoms with Crippen molar-refractivity contribution < 1.29 is 19.1 Å². The summed E-state index contributed by atoms with van der Waals surface area (Å²) in [5.74, 6) is -1.08. The number of rotatable bonds is 4. The number of thiocarbonyl (C=S) groups is 1. The zero-order valence-electron chi connectivity index (χ0n) is 15.5. The van der Waals surface area contributed by atoms with Crippen molar-refractivity contribution in [1.82, 2.24) is 0 Å². The van der Waals surface area contributed by atoms with Crippen LogP contribution in [-0.2, 0) is 9.47 Å². The summed E-state index contributed by atoms with van der Waals surface area (Å²) >= 11 is 6.52. The van der Waals surface area contributed by atoms with Gasteiger partial charge < -0.3 is 20.1 Å². The number of nitrogens with one attached hydrogen (secondary N) is 2. The van der Waals surface area contributed by atoms with E-state index in [9.17, 15) is 9.59 Å². The normalized spacial score (nSPS) is 10.4. The number of thiophene rings is 1. The van der Waals surface area contributed by atoms with Crippen molar-refractivity contribution in [3.63, 3.8) is 0 Å². The molecular formula is C20H18N2O4S2. The molecule has 0 aliphatic heterocycles. The lowest BCUT2D eigenvalue weighted by Gasteiger charge is -2.12. The summed E-state index contributed by atoms with van der Waals surface area (Å²) in [6.45, 7) is 1.67. The first-order chi connectivity index (χ1) is 13.5. The molecule has 0 spiro atoms. The minimum atomic E-state index is -0.556. The largest absolute Gasteiger partial charge is 0.465 e. The summed E-state index contributed by atoms with van der Waals surface area (Å²) in [5.41, 5.74) is 1.57. The molecule has 8 heteroatoms. The van der Waals surface area contributed by atoms with Gasteiger partial charge in [-0.1, -0.05) is 36.4 Å². The standard InChI is InChI=1S/C20H18N2O4S2/c1-11-15(18(23)25-2)17(28-16(11)19(24)26-3)22-20(27)21-14-10-6-8-12-7-4-5-9-13(12)14/h4-10H,1-3H3,(H2,21,22,27). The summed E-state index contributed by atoms with van der Waals surface area (Å²) < 4.78 is 9.64. The molecule has 144 valence electrons. The van der Waals surface area contributed by atoms with E-state index in [2.05, 4.69) is 10.6 Å². The van der Waals surface area contributed by atoms with Gasteiger partial charge in [-0.2, -0.15) is 0 Å². The third-order valence-electron chi connectivity index (χ3n) is 4.17. The average Bonchev–Trinajstić information content (AvgIpc) is 3.02. The van der Waals surface area contributed by atoms with Crippen LogP contribution in [0.4, 0.5) is 10.7 Å². The first-order valence-electron chi connectivity index (χ1n) is 8.32. The Kier molecular flexibility index (Phi) is 5.91. The molecule has 0 radical (unpaired) electrons. The molecule has 6 nitrogen and oxygen atoms in total. The highest BCUT2D eigenvalue weighted by atomic mass is 32.1. The number of carbonyl (C=O) groups is 2. The highest BCUT2D eigenvalue weighted by Gasteiger charge is 2.26. The summed E-state index contributed by atoms with van der Waals surface area (Å²) in [4.78, 5) is 24.5. The Morgan fingerprint density at radius 1 is 0.964 bits per heavy atom. The van der Waals surface area contributed by atoms with Crippen molar-refractivity contribution in [3.05, 3.63) is 58.5 Å². The Bertz CT molecular complexity index is 1070. The third-order valence-corrected chi connectivity index (χ3v) is 5.56. The maximum atomic E-state index is 12.2. The van der Waals surface area contributed by atoms with Crippen LogP contribution in [-0.4, -0.2) is 31.3 Å². The molecule has 2 N–H and O–H groups in total. The second-order valence-electron chi connectivity index (χ2n) is 5.85. The van der Waals surface area contributed by atoms with Gasteiger partial charge in [0.15, 0.2) is 5.11 Å². The maximum Gasteiger partial charge on any atom is 0.348 e. The number of ether oxygens (including phenoxy) is 2. The molecule has 0 saturated carbocycles. The molecule has 0 atom stereocenters. The molecule has 28 heavy (non-hydrogen) atoms. The molecule has 3 rings (SSSR count). The Morgan fingerprint density at radius 2 is 1.64 bits per heavy atom. The fourth-order valence-electron chi connectivity index (χ4n) is 2.83. The van der Waals surface area contributed by atoms with Crippen molar-refractivity contribution in [2.45, 2.75) is 6.92 Å². The van der Waals surface area contributed by atoms with E-state index >= 15 is 0 Å². The van der Waals surface area contributed by atoms with Gasteiger partial charge in [0, 0.05) is 11.1 Å². The number of fused-ring (bicyclic) bond motifs is 1. The van der Waals surface area contributed by atoms with Crippen LogP contribution in [0.5, 0.6) is 0 Å². The lowest BCUT2D eigenvalue weighted by atomic mass is 10.1. The lowest BCUT2D eigenvalue weighted by molar-refractivity contribution is 0.0601. The molecule has 0 aliphatic rings. The van der Waals surface area contributed by atoms with E-state index in [1.165, 1.54) is 14.2 Å². The highest BCUT2D eigenvalue weighted by molar-refractivity contribution is 7.80. The molecule has 1 heterocycles. The molecule has 0 amide bonds. The van der Waals surface area contributed by atoms with Crippen LogP contribution in [0.1, 0.15) is 25.6 Å². The van der Waals surface area contributed by atoms with Gasteiger partial charge >= 0.3 is 11.9 Å². The van der Waals surface area contributed by atoms with Gasteiger partial charge in [-0.25, -0.2) is 9.59 Å². The van der Waals surface area contributed by atoms with Crippen LogP contribution in [0.2, 0.25) is 0 Å². The zero-order valence-corrected chi connectivity index (χ0v) is 17.1. The van der Waals surface area contributed by atoms with Gasteiger partial charge in [0.2, 0.25) is 0 Å². The molecule has 0 unspecified atom stereocenters. The average molecular weight is 415 g/mol. The smallest absolute Gasteiger partial charge is 0.348 e. The third kappa shape index (κ3) is 3.83. The number of esters is 2. The van der Waals surface area contributed by atoms with Gasteiger partial charge in [0.05, 0.1) is 19.8 Å². The SMILES string of the molecule is COC(=O)c1sc(NC(=S)Nc2cccc3ccccc23)c(C(=O)OC)c1C. The predicted molar refractivity (Wildman–Crippen MR) is 116 cm³/mol. The van der Waals surface area contributed by atoms with E-state index in [-0.39, 0.29) is 5.56 Å². The van der Waals surface area contributed by atoms with E-state index in [4.69, 9.17) is 21.7 Å². The fourth-order valence-corrected chi connectivity index (χ4v) is 4.22. The number of methoxy groups -OCH3 is 2. The molecular weight excluding hydrogens is 396 g/mol.